The summed E-state index contributed by atoms with van der Waals surface area (Å²) in [5.41, 5.74) is 7.52. The molecule has 39 heavy (non-hydrogen) atoms. The van der Waals surface area contributed by atoms with E-state index in [4.69, 9.17) is 20.1 Å². The first-order chi connectivity index (χ1) is 18.1. The van der Waals surface area contributed by atoms with Crippen molar-refractivity contribution in [2.45, 2.75) is 52.9 Å². The second kappa shape index (κ2) is 17.6. The fourth-order valence-electron chi connectivity index (χ4n) is 3.58. The average Bonchev–Trinajstić information content (AvgIpc) is 2.86. The van der Waals surface area contributed by atoms with Gasteiger partial charge in [0, 0.05) is 18.0 Å². The molecule has 0 aromatic rings. The molecule has 0 fully saturated rings. The van der Waals surface area contributed by atoms with Gasteiger partial charge < -0.3 is 28.9 Å². The van der Waals surface area contributed by atoms with E-state index in [0.717, 1.165) is 0 Å². The van der Waals surface area contributed by atoms with Gasteiger partial charge in [-0.2, -0.15) is 0 Å². The van der Waals surface area contributed by atoms with Crippen molar-refractivity contribution in [3.8, 4) is 0 Å². The van der Waals surface area contributed by atoms with E-state index in [-0.39, 0.29) is 49.9 Å². The van der Waals surface area contributed by atoms with Crippen LogP contribution in [0.1, 0.15) is 52.9 Å². The van der Waals surface area contributed by atoms with Gasteiger partial charge in [-0.25, -0.2) is 0 Å². The summed E-state index contributed by atoms with van der Waals surface area (Å²) >= 11 is 0. The number of carbonyl (C=O) groups excluding carboxylic acids is 3. The van der Waals surface area contributed by atoms with Crippen LogP contribution in [0.2, 0.25) is 0 Å². The molecule has 2 unspecified atom stereocenters. The molecule has 0 bridgehead atoms. The van der Waals surface area contributed by atoms with Crippen molar-refractivity contribution in [2.75, 3.05) is 80.7 Å². The molecule has 0 aromatic heterocycles. The zero-order valence-electron chi connectivity index (χ0n) is 24.9. The Morgan fingerprint density at radius 1 is 1.00 bits per heavy atom. The summed E-state index contributed by atoms with van der Waals surface area (Å²) < 4.78 is 12.0. The van der Waals surface area contributed by atoms with E-state index >= 15 is 0 Å². The lowest BCUT2D eigenvalue weighted by molar-refractivity contribution is -0.889. The Hall–Kier alpha value is -2.89. The molecule has 0 aliphatic carbocycles. The van der Waals surface area contributed by atoms with E-state index in [1.807, 2.05) is 42.0 Å². The Labute approximate surface area is 232 Å². The molecule has 2 N–H and O–H groups in total. The minimum atomic E-state index is -0.854. The Bertz CT molecular complexity index is 858. The molecule has 0 saturated heterocycles. The first-order valence-electron chi connectivity index (χ1n) is 13.5. The predicted molar refractivity (Wildman–Crippen MR) is 146 cm³/mol. The van der Waals surface area contributed by atoms with Crippen LogP contribution in [0.5, 0.6) is 0 Å². The van der Waals surface area contributed by atoms with Crippen LogP contribution in [0.25, 0.3) is 10.4 Å². The lowest BCUT2D eigenvalue weighted by Gasteiger charge is -2.31. The fraction of sp³-hybridized carbons (Fsp3) is 0.846. The SMILES string of the molecule is CCC(C)(CCC(C)C(=O)OCC[N+](C)(C)CCC(=O)NCCN=[N+]=[N-])C(=O)OCC[N+](C)(C)CCC(=O)O. The molecular formula is C26H50N6O7+2. The number of azide groups is 1. The maximum absolute atomic E-state index is 12.8. The predicted octanol–water partition coefficient (Wildman–Crippen LogP) is 2.35. The zero-order valence-corrected chi connectivity index (χ0v) is 24.9. The highest BCUT2D eigenvalue weighted by Gasteiger charge is 2.34. The molecule has 0 saturated carbocycles. The van der Waals surface area contributed by atoms with Gasteiger partial charge in [0.2, 0.25) is 5.91 Å². The highest BCUT2D eigenvalue weighted by atomic mass is 16.5. The largest absolute Gasteiger partial charge is 0.481 e. The first kappa shape index (κ1) is 36.1. The molecule has 0 aliphatic heterocycles. The highest BCUT2D eigenvalue weighted by Crippen LogP contribution is 2.31. The number of hydrogen-bond donors (Lipinski definition) is 2. The number of likely N-dealkylation sites (N-methyl/N-ethyl adjacent to an activating group) is 2. The van der Waals surface area contributed by atoms with E-state index in [9.17, 15) is 19.2 Å². The summed E-state index contributed by atoms with van der Waals surface area (Å²) in [6, 6.07) is 0. The molecule has 224 valence electrons. The van der Waals surface area contributed by atoms with Crippen molar-refractivity contribution < 1.29 is 42.7 Å². The molecule has 1 amide bonds. The summed E-state index contributed by atoms with van der Waals surface area (Å²) in [7, 11) is 7.71. The van der Waals surface area contributed by atoms with Gasteiger partial charge >= 0.3 is 17.9 Å². The number of hydrogen-bond acceptors (Lipinski definition) is 7. The third-order valence-electron chi connectivity index (χ3n) is 7.15. The molecule has 13 heteroatoms. The van der Waals surface area contributed by atoms with Gasteiger partial charge in [-0.1, -0.05) is 19.0 Å². The maximum atomic E-state index is 12.8. The lowest BCUT2D eigenvalue weighted by atomic mass is 9.81. The van der Waals surface area contributed by atoms with Gasteiger partial charge in [-0.3, -0.25) is 19.2 Å². The van der Waals surface area contributed by atoms with Crippen molar-refractivity contribution in [1.82, 2.24) is 5.32 Å². The number of nitrogens with zero attached hydrogens (tertiary/aromatic N) is 5. The summed E-state index contributed by atoms with van der Waals surface area (Å²) in [6.45, 7) is 8.53. The van der Waals surface area contributed by atoms with Gasteiger partial charge in [0.1, 0.15) is 26.3 Å². The molecule has 0 aliphatic rings. The van der Waals surface area contributed by atoms with Crippen molar-refractivity contribution in [1.29, 1.82) is 0 Å². The van der Waals surface area contributed by atoms with Gasteiger partial charge in [-0.05, 0) is 31.7 Å². The van der Waals surface area contributed by atoms with Crippen LogP contribution in [0, 0.1) is 11.3 Å². The fourth-order valence-corrected chi connectivity index (χ4v) is 3.58. The summed E-state index contributed by atoms with van der Waals surface area (Å²) in [6.07, 6.45) is 1.88. The number of nitrogens with one attached hydrogen (secondary N) is 1. The number of aliphatic carboxylic acids is 1. The minimum absolute atomic E-state index is 0.0521. The average molecular weight is 559 g/mol. The normalized spacial score (nSPS) is 13.9. The van der Waals surface area contributed by atoms with Gasteiger partial charge in [0.05, 0.1) is 65.5 Å². The van der Waals surface area contributed by atoms with Crippen molar-refractivity contribution in [3.63, 3.8) is 0 Å². The highest BCUT2D eigenvalue weighted by molar-refractivity contribution is 5.77. The quantitative estimate of drug-likeness (QED) is 0.0544. The second-order valence-corrected chi connectivity index (χ2v) is 11.6. The molecule has 0 aromatic carbocycles. The van der Waals surface area contributed by atoms with Crippen LogP contribution in [-0.2, 0) is 28.7 Å². The smallest absolute Gasteiger partial charge is 0.311 e. The van der Waals surface area contributed by atoms with Crippen LogP contribution in [-0.4, -0.2) is 119 Å². The lowest BCUT2D eigenvalue weighted by Crippen LogP contribution is -2.45. The summed E-state index contributed by atoms with van der Waals surface area (Å²) in [5, 5.41) is 14.9. The molecular weight excluding hydrogens is 508 g/mol. The third kappa shape index (κ3) is 16.6. The monoisotopic (exact) mass is 558 g/mol. The first-order valence-corrected chi connectivity index (χ1v) is 13.5. The third-order valence-corrected chi connectivity index (χ3v) is 7.15. The Morgan fingerprint density at radius 2 is 1.56 bits per heavy atom. The molecule has 0 radical (unpaired) electrons. The van der Waals surface area contributed by atoms with Crippen LogP contribution in [0.15, 0.2) is 5.11 Å². The Morgan fingerprint density at radius 3 is 2.10 bits per heavy atom. The van der Waals surface area contributed by atoms with Crippen LogP contribution >= 0.6 is 0 Å². The number of esters is 2. The number of carboxylic acids is 1. The minimum Gasteiger partial charge on any atom is -0.481 e. The summed E-state index contributed by atoms with van der Waals surface area (Å²) in [5.74, 6) is -2.00. The van der Waals surface area contributed by atoms with Gasteiger partial charge in [0.15, 0.2) is 0 Å². The van der Waals surface area contributed by atoms with E-state index < -0.39 is 11.4 Å². The Kier molecular flexibility index (Phi) is 16.3. The molecule has 2 atom stereocenters. The standard InChI is InChI=1S/C26H48N6O7/c1-8-26(3,25(37)39-20-18-32(6,7)16-11-23(34)35)12-9-21(2)24(36)38-19-17-31(4,5)15-10-22(33)28-13-14-29-30-27/h21H,8-20H2,1-7H3/p+2. The number of amides is 1. The molecule has 0 heterocycles. The van der Waals surface area contributed by atoms with Gasteiger partial charge in [-0.15, -0.1) is 0 Å². The number of carbonyl (C=O) groups is 4. The van der Waals surface area contributed by atoms with Crippen molar-refractivity contribution in [2.24, 2.45) is 16.4 Å². The van der Waals surface area contributed by atoms with E-state index in [2.05, 4.69) is 15.3 Å². The van der Waals surface area contributed by atoms with Crippen molar-refractivity contribution >= 4 is 23.8 Å². The van der Waals surface area contributed by atoms with Crippen LogP contribution in [0.4, 0.5) is 0 Å². The summed E-state index contributed by atoms with van der Waals surface area (Å²) in [4.78, 5) is 50.7. The number of ether oxygens (including phenoxy) is 2. The topological polar surface area (TPSA) is 168 Å². The number of carboxylic acid groups (broad SMARTS) is 1. The zero-order chi connectivity index (χ0) is 30.1. The van der Waals surface area contributed by atoms with Crippen molar-refractivity contribution in [3.05, 3.63) is 10.4 Å². The molecule has 0 rings (SSSR count). The second-order valence-electron chi connectivity index (χ2n) is 11.6. The Balaban J connectivity index is 4.48. The van der Waals surface area contributed by atoms with Gasteiger partial charge in [0.25, 0.3) is 0 Å². The maximum Gasteiger partial charge on any atom is 0.311 e. The molecule has 13 nitrogen and oxygen atoms in total. The van der Waals surface area contributed by atoms with E-state index in [0.29, 0.717) is 67.4 Å². The van der Waals surface area contributed by atoms with E-state index in [1.165, 1.54) is 0 Å². The van der Waals surface area contributed by atoms with Crippen LogP contribution in [0.3, 0.4) is 0 Å². The molecule has 0 spiro atoms. The van der Waals surface area contributed by atoms with Crippen LogP contribution < -0.4 is 5.32 Å². The number of rotatable bonds is 21. The number of quaternary nitrogens is 2. The van der Waals surface area contributed by atoms with E-state index in [1.54, 1.807) is 6.92 Å².